The first-order valence-corrected chi connectivity index (χ1v) is 10.9. The fraction of sp³-hybridized carbons (Fsp3) is 0.810. The Labute approximate surface area is 179 Å². The van der Waals surface area contributed by atoms with Gasteiger partial charge in [-0.2, -0.15) is 5.26 Å². The van der Waals surface area contributed by atoms with Crippen LogP contribution in [0.4, 0.5) is 0 Å². The van der Waals surface area contributed by atoms with Crippen molar-refractivity contribution in [1.82, 2.24) is 20.9 Å². The third-order valence-corrected chi connectivity index (χ3v) is 6.85. The average Bonchev–Trinajstić information content (AvgIpc) is 3.44. The van der Waals surface area contributed by atoms with Crippen molar-refractivity contribution in [3.63, 3.8) is 0 Å². The van der Waals surface area contributed by atoms with E-state index in [1.165, 1.54) is 0 Å². The van der Waals surface area contributed by atoms with E-state index < -0.39 is 18.1 Å². The molecule has 3 N–H and O–H groups in total. The Morgan fingerprint density at radius 1 is 1.24 bits per heavy atom. The Balaban J connectivity index is 1.79. The number of nitrogens with one attached hydrogen (secondary N) is 3. The van der Waals surface area contributed by atoms with Crippen LogP contribution in [0, 0.1) is 34.0 Å². The van der Waals surface area contributed by atoms with Crippen molar-refractivity contribution < 1.29 is 9.59 Å². The fourth-order valence-corrected chi connectivity index (χ4v) is 4.83. The number of hydrogen-bond donors (Lipinski definition) is 3. The standard InChI is InChI=1S/C21H33N5O2S/c1-11(9-22)23-17(27)15-14-13(21(14,5)6)10-26(15)18(28)16(20(2,3)4)25-19(29)24-12-7-8-12/h11-16H,7-8,10H2,1-6H3,(H,23,27)(H2,24,25,29)/t11-,13-,14-,15-,16+/m0/s1. The minimum absolute atomic E-state index is 0.0299. The molecule has 0 aromatic heterocycles. The summed E-state index contributed by atoms with van der Waals surface area (Å²) in [5.74, 6) is 0.0771. The van der Waals surface area contributed by atoms with E-state index in [0.717, 1.165) is 12.8 Å². The summed E-state index contributed by atoms with van der Waals surface area (Å²) in [4.78, 5) is 28.3. The van der Waals surface area contributed by atoms with Gasteiger partial charge in [-0.25, -0.2) is 0 Å². The van der Waals surface area contributed by atoms with E-state index in [2.05, 4.69) is 29.8 Å². The number of carbonyl (C=O) groups is 2. The molecule has 1 saturated heterocycles. The molecule has 0 aromatic carbocycles. The molecule has 1 heterocycles. The van der Waals surface area contributed by atoms with Crippen LogP contribution < -0.4 is 16.0 Å². The quantitative estimate of drug-likeness (QED) is 0.585. The van der Waals surface area contributed by atoms with E-state index in [0.29, 0.717) is 23.6 Å². The van der Waals surface area contributed by atoms with Crippen molar-refractivity contribution in [2.45, 2.75) is 78.6 Å². The maximum atomic E-state index is 13.6. The molecule has 2 aliphatic carbocycles. The molecule has 3 rings (SSSR count). The van der Waals surface area contributed by atoms with Crippen LogP contribution in [-0.4, -0.2) is 52.5 Å². The largest absolute Gasteiger partial charge is 0.360 e. The topological polar surface area (TPSA) is 97.3 Å². The lowest BCUT2D eigenvalue weighted by Gasteiger charge is -2.38. The molecule has 7 nitrogen and oxygen atoms in total. The Morgan fingerprint density at radius 3 is 2.38 bits per heavy atom. The molecule has 3 aliphatic rings. The highest BCUT2D eigenvalue weighted by molar-refractivity contribution is 7.80. The van der Waals surface area contributed by atoms with Crippen molar-refractivity contribution in [2.75, 3.05) is 6.54 Å². The minimum Gasteiger partial charge on any atom is -0.360 e. The van der Waals surface area contributed by atoms with Crippen LogP contribution >= 0.6 is 12.2 Å². The average molecular weight is 420 g/mol. The van der Waals surface area contributed by atoms with Gasteiger partial charge in [0.1, 0.15) is 18.1 Å². The molecule has 0 bridgehead atoms. The Morgan fingerprint density at radius 2 is 1.86 bits per heavy atom. The first kappa shape index (κ1) is 21.8. The summed E-state index contributed by atoms with van der Waals surface area (Å²) in [6, 6.07) is 0.763. The molecule has 2 saturated carbocycles. The predicted molar refractivity (Wildman–Crippen MR) is 115 cm³/mol. The molecule has 0 aromatic rings. The molecule has 160 valence electrons. The molecule has 8 heteroatoms. The highest BCUT2D eigenvalue weighted by atomic mass is 32.1. The number of carbonyl (C=O) groups excluding carboxylic acids is 2. The van der Waals surface area contributed by atoms with E-state index in [1.54, 1.807) is 11.8 Å². The van der Waals surface area contributed by atoms with Crippen LogP contribution in [0.2, 0.25) is 0 Å². The number of thiocarbonyl (C=S) groups is 1. The van der Waals surface area contributed by atoms with Gasteiger partial charge in [0.2, 0.25) is 11.8 Å². The summed E-state index contributed by atoms with van der Waals surface area (Å²) in [6.07, 6.45) is 2.19. The van der Waals surface area contributed by atoms with Gasteiger partial charge in [0.15, 0.2) is 5.11 Å². The van der Waals surface area contributed by atoms with Crippen molar-refractivity contribution in [3.05, 3.63) is 0 Å². The molecule has 3 fully saturated rings. The van der Waals surface area contributed by atoms with Gasteiger partial charge < -0.3 is 20.9 Å². The first-order valence-electron chi connectivity index (χ1n) is 10.5. The minimum atomic E-state index is -0.591. The molecule has 0 unspecified atom stereocenters. The second-order valence-electron chi connectivity index (χ2n) is 10.4. The summed E-state index contributed by atoms with van der Waals surface area (Å²) in [5.41, 5.74) is -0.349. The van der Waals surface area contributed by atoms with Crippen LogP contribution in [0.1, 0.15) is 54.4 Å². The highest BCUT2D eigenvalue weighted by Gasteiger charge is 2.69. The molecule has 0 radical (unpaired) electrons. The third-order valence-electron chi connectivity index (χ3n) is 6.61. The van der Waals surface area contributed by atoms with E-state index in [9.17, 15) is 9.59 Å². The van der Waals surface area contributed by atoms with Gasteiger partial charge in [0, 0.05) is 12.6 Å². The zero-order valence-corrected chi connectivity index (χ0v) is 19.0. The van der Waals surface area contributed by atoms with Crippen molar-refractivity contribution in [2.24, 2.45) is 22.7 Å². The number of likely N-dealkylation sites (tertiary alicyclic amines) is 1. The van der Waals surface area contributed by atoms with Gasteiger partial charge in [-0.3, -0.25) is 9.59 Å². The summed E-state index contributed by atoms with van der Waals surface area (Å²) >= 11 is 5.42. The van der Waals surface area contributed by atoms with Crippen molar-refractivity contribution in [3.8, 4) is 6.07 Å². The second-order valence-corrected chi connectivity index (χ2v) is 10.8. The fourth-order valence-electron chi connectivity index (χ4n) is 4.54. The van der Waals surface area contributed by atoms with Gasteiger partial charge >= 0.3 is 0 Å². The third kappa shape index (κ3) is 4.35. The van der Waals surface area contributed by atoms with Crippen LogP contribution in [0.15, 0.2) is 0 Å². The Hall–Kier alpha value is -1.88. The molecule has 1 aliphatic heterocycles. The number of piperidine rings is 1. The Kier molecular flexibility index (Phi) is 5.59. The zero-order valence-electron chi connectivity index (χ0n) is 18.2. The van der Waals surface area contributed by atoms with Crippen LogP contribution in [-0.2, 0) is 9.59 Å². The number of amides is 2. The summed E-state index contributed by atoms with van der Waals surface area (Å²) in [5, 5.41) is 18.8. The zero-order chi connectivity index (χ0) is 21.7. The lowest BCUT2D eigenvalue weighted by molar-refractivity contribution is -0.143. The molecular formula is C21H33N5O2S. The number of hydrogen-bond acceptors (Lipinski definition) is 4. The summed E-state index contributed by atoms with van der Waals surface area (Å²) in [6.45, 7) is 12.5. The van der Waals surface area contributed by atoms with Crippen LogP contribution in [0.3, 0.4) is 0 Å². The van der Waals surface area contributed by atoms with Gasteiger partial charge in [0.25, 0.3) is 0 Å². The lowest BCUT2D eigenvalue weighted by Crippen LogP contribution is -2.60. The molecule has 29 heavy (non-hydrogen) atoms. The van der Waals surface area contributed by atoms with Gasteiger partial charge in [-0.1, -0.05) is 34.6 Å². The smallest absolute Gasteiger partial charge is 0.246 e. The maximum absolute atomic E-state index is 13.6. The molecular weight excluding hydrogens is 386 g/mol. The number of nitriles is 1. The highest BCUT2D eigenvalue weighted by Crippen LogP contribution is 2.65. The lowest BCUT2D eigenvalue weighted by atomic mass is 9.85. The SMILES string of the molecule is C[C@@H](C#N)NC(=O)[C@@H]1[C@@H]2[C@H](CN1C(=O)[C@@H](NC(=S)NC1CC1)C(C)(C)C)C2(C)C. The summed E-state index contributed by atoms with van der Waals surface area (Å²) in [7, 11) is 0. The predicted octanol–water partition coefficient (Wildman–Crippen LogP) is 1.54. The van der Waals surface area contributed by atoms with Gasteiger partial charge in [0.05, 0.1) is 6.07 Å². The van der Waals surface area contributed by atoms with E-state index in [-0.39, 0.29) is 28.6 Å². The van der Waals surface area contributed by atoms with E-state index in [4.69, 9.17) is 17.5 Å². The summed E-state index contributed by atoms with van der Waals surface area (Å²) < 4.78 is 0. The van der Waals surface area contributed by atoms with Crippen molar-refractivity contribution >= 4 is 29.1 Å². The first-order chi connectivity index (χ1) is 13.4. The van der Waals surface area contributed by atoms with Crippen LogP contribution in [0.5, 0.6) is 0 Å². The molecule has 2 amide bonds. The number of nitrogens with zero attached hydrogens (tertiary/aromatic N) is 2. The Bertz CT molecular complexity index is 749. The van der Waals surface area contributed by atoms with E-state index >= 15 is 0 Å². The number of fused-ring (bicyclic) bond motifs is 1. The normalized spacial score (nSPS) is 29.1. The molecule has 0 spiro atoms. The second kappa shape index (κ2) is 7.42. The maximum Gasteiger partial charge on any atom is 0.246 e. The number of rotatable bonds is 5. The van der Waals surface area contributed by atoms with Gasteiger partial charge in [-0.15, -0.1) is 0 Å². The van der Waals surface area contributed by atoms with Crippen molar-refractivity contribution in [1.29, 1.82) is 5.26 Å². The van der Waals surface area contributed by atoms with Gasteiger partial charge in [-0.05, 0) is 54.6 Å². The van der Waals surface area contributed by atoms with Crippen LogP contribution in [0.25, 0.3) is 0 Å². The van der Waals surface area contributed by atoms with E-state index in [1.807, 2.05) is 26.8 Å². The monoisotopic (exact) mass is 419 g/mol. The molecule has 5 atom stereocenters.